The third-order valence-electron chi connectivity index (χ3n) is 5.92. The molecule has 2 aromatic heterocycles. The van der Waals surface area contributed by atoms with Crippen LogP contribution in [0.15, 0.2) is 41.6 Å². The van der Waals surface area contributed by atoms with Crippen LogP contribution in [-0.2, 0) is 21.2 Å². The molecule has 0 amide bonds. The predicted octanol–water partition coefficient (Wildman–Crippen LogP) is 0.317. The molecule has 4 heterocycles. The lowest BCUT2D eigenvalue weighted by molar-refractivity contribution is 0.122. The fourth-order valence-corrected chi connectivity index (χ4v) is 5.19. The van der Waals surface area contributed by atoms with Crippen molar-refractivity contribution < 1.29 is 18.3 Å². The van der Waals surface area contributed by atoms with E-state index in [0.717, 1.165) is 28.3 Å². The van der Waals surface area contributed by atoms with Gasteiger partial charge in [-0.2, -0.15) is 4.98 Å². The number of rotatable bonds is 7. The zero-order valence-corrected chi connectivity index (χ0v) is 19.8. The van der Waals surface area contributed by atoms with Crippen LogP contribution in [0.1, 0.15) is 5.56 Å². The van der Waals surface area contributed by atoms with Gasteiger partial charge in [-0.1, -0.05) is 0 Å². The number of ether oxygens (including phenoxy) is 1. The Hall–Kier alpha value is -3.39. The maximum Gasteiger partial charge on any atom is 0.240 e. The number of morpholine rings is 1. The van der Waals surface area contributed by atoms with E-state index in [-0.39, 0.29) is 24.0 Å². The Morgan fingerprint density at radius 2 is 1.77 bits per heavy atom. The lowest BCUT2D eigenvalue weighted by Gasteiger charge is -2.28. The number of hydrogen-bond donors (Lipinski definition) is 3. The van der Waals surface area contributed by atoms with E-state index in [1.807, 2.05) is 0 Å². The van der Waals surface area contributed by atoms with Crippen LogP contribution in [0, 0.1) is 0 Å². The molecule has 1 fully saturated rings. The molecule has 35 heavy (non-hydrogen) atoms. The average molecular weight is 499 g/mol. The third kappa shape index (κ3) is 4.75. The SMILES string of the molecule is Nc1ncc(-c2nc(N3CCOCC3)nc3c2CCN3c2ccc(S(=O)(=O)NCCO)cc2)cn1. The fraction of sp³-hybridized carbons (Fsp3) is 0.364. The summed E-state index contributed by atoms with van der Waals surface area (Å²) in [6.07, 6.45) is 4.03. The monoisotopic (exact) mass is 498 g/mol. The van der Waals surface area contributed by atoms with E-state index in [2.05, 4.69) is 24.5 Å². The molecule has 0 bridgehead atoms. The number of aromatic nitrogens is 4. The normalized spacial score (nSPS) is 15.9. The van der Waals surface area contributed by atoms with Crippen LogP contribution in [0.3, 0.4) is 0 Å². The number of sulfonamides is 1. The Morgan fingerprint density at radius 1 is 1.06 bits per heavy atom. The van der Waals surface area contributed by atoms with E-state index in [9.17, 15) is 8.42 Å². The van der Waals surface area contributed by atoms with Crippen LogP contribution in [0.4, 0.5) is 23.4 Å². The molecule has 2 aliphatic rings. The molecule has 0 unspecified atom stereocenters. The lowest BCUT2D eigenvalue weighted by atomic mass is 10.1. The molecule has 13 heteroatoms. The summed E-state index contributed by atoms with van der Waals surface area (Å²) in [4.78, 5) is 22.3. The van der Waals surface area contributed by atoms with Gasteiger partial charge in [-0.3, -0.25) is 0 Å². The summed E-state index contributed by atoms with van der Waals surface area (Å²) in [7, 11) is -3.69. The largest absolute Gasteiger partial charge is 0.395 e. The van der Waals surface area contributed by atoms with Gasteiger partial charge >= 0.3 is 0 Å². The van der Waals surface area contributed by atoms with Gasteiger partial charge in [0.15, 0.2) is 0 Å². The summed E-state index contributed by atoms with van der Waals surface area (Å²) in [6.45, 7) is 2.92. The minimum absolute atomic E-state index is 0.0392. The summed E-state index contributed by atoms with van der Waals surface area (Å²) >= 11 is 0. The highest BCUT2D eigenvalue weighted by atomic mass is 32.2. The summed E-state index contributed by atoms with van der Waals surface area (Å²) < 4.78 is 32.6. The van der Waals surface area contributed by atoms with Gasteiger partial charge in [0, 0.05) is 55.4 Å². The van der Waals surface area contributed by atoms with Crippen molar-refractivity contribution in [3.8, 4) is 11.3 Å². The van der Waals surface area contributed by atoms with Crippen molar-refractivity contribution in [2.75, 3.05) is 61.5 Å². The van der Waals surface area contributed by atoms with E-state index >= 15 is 0 Å². The minimum Gasteiger partial charge on any atom is -0.395 e. The molecular formula is C22H26N8O4S. The molecule has 5 rings (SSSR count). The van der Waals surface area contributed by atoms with E-state index in [1.165, 1.54) is 0 Å². The van der Waals surface area contributed by atoms with Crippen molar-refractivity contribution in [1.82, 2.24) is 24.7 Å². The highest BCUT2D eigenvalue weighted by Crippen LogP contribution is 2.39. The molecule has 2 aliphatic heterocycles. The van der Waals surface area contributed by atoms with Gasteiger partial charge in [-0.05, 0) is 30.7 Å². The van der Waals surface area contributed by atoms with E-state index in [1.54, 1.807) is 36.7 Å². The van der Waals surface area contributed by atoms with Crippen molar-refractivity contribution in [2.24, 2.45) is 0 Å². The number of aliphatic hydroxyl groups excluding tert-OH is 1. The predicted molar refractivity (Wildman–Crippen MR) is 130 cm³/mol. The quantitative estimate of drug-likeness (QED) is 0.411. The average Bonchev–Trinajstić information content (AvgIpc) is 3.32. The highest BCUT2D eigenvalue weighted by molar-refractivity contribution is 7.89. The van der Waals surface area contributed by atoms with Crippen molar-refractivity contribution in [3.63, 3.8) is 0 Å². The Kier molecular flexibility index (Phi) is 6.47. The molecule has 0 radical (unpaired) electrons. The number of benzene rings is 1. The van der Waals surface area contributed by atoms with Crippen molar-refractivity contribution >= 4 is 33.4 Å². The van der Waals surface area contributed by atoms with Crippen molar-refractivity contribution in [3.05, 3.63) is 42.2 Å². The van der Waals surface area contributed by atoms with Gasteiger partial charge < -0.3 is 25.4 Å². The maximum atomic E-state index is 12.4. The van der Waals surface area contributed by atoms with Gasteiger partial charge in [0.2, 0.25) is 21.9 Å². The first-order chi connectivity index (χ1) is 17.0. The van der Waals surface area contributed by atoms with Crippen LogP contribution in [0.25, 0.3) is 11.3 Å². The Morgan fingerprint density at radius 3 is 2.46 bits per heavy atom. The Labute approximate surface area is 202 Å². The Balaban J connectivity index is 1.53. The second-order valence-corrected chi connectivity index (χ2v) is 9.89. The molecule has 0 atom stereocenters. The molecule has 3 aromatic rings. The third-order valence-corrected chi connectivity index (χ3v) is 7.39. The number of nitrogens with two attached hydrogens (primary N) is 1. The smallest absolute Gasteiger partial charge is 0.240 e. The highest BCUT2D eigenvalue weighted by Gasteiger charge is 2.29. The van der Waals surface area contributed by atoms with E-state index in [0.29, 0.717) is 45.2 Å². The molecule has 4 N–H and O–H groups in total. The maximum absolute atomic E-state index is 12.4. The van der Waals surface area contributed by atoms with Gasteiger partial charge in [-0.25, -0.2) is 28.1 Å². The number of hydrogen-bond acceptors (Lipinski definition) is 11. The van der Waals surface area contributed by atoms with Crippen molar-refractivity contribution in [2.45, 2.75) is 11.3 Å². The molecule has 1 aromatic carbocycles. The number of fused-ring (bicyclic) bond motifs is 1. The molecule has 12 nitrogen and oxygen atoms in total. The molecule has 0 spiro atoms. The standard InChI is InChI=1S/C22H26N8O4S/c23-21-24-13-15(14-25-21)19-18-5-7-30(20(18)28-22(27-19)29-8-11-34-12-9-29)16-1-3-17(4-2-16)35(32,33)26-6-10-31/h1-4,13-14,26,31H,5-12H2,(H2,23,24,25). The number of aliphatic hydroxyl groups is 1. The number of nitrogens with zero attached hydrogens (tertiary/aromatic N) is 6. The zero-order valence-electron chi connectivity index (χ0n) is 19.0. The molecule has 0 aliphatic carbocycles. The van der Waals surface area contributed by atoms with Gasteiger partial charge in [0.25, 0.3) is 0 Å². The first-order valence-electron chi connectivity index (χ1n) is 11.3. The van der Waals surface area contributed by atoms with Crippen LogP contribution >= 0.6 is 0 Å². The summed E-state index contributed by atoms with van der Waals surface area (Å²) in [5.41, 5.74) is 8.98. The van der Waals surface area contributed by atoms with E-state index in [4.69, 9.17) is 25.5 Å². The van der Waals surface area contributed by atoms with Crippen molar-refractivity contribution in [1.29, 1.82) is 0 Å². The summed E-state index contributed by atoms with van der Waals surface area (Å²) in [5, 5.41) is 8.92. The van der Waals surface area contributed by atoms with Crippen LogP contribution < -0.4 is 20.3 Å². The molecule has 184 valence electrons. The number of anilines is 4. The summed E-state index contributed by atoms with van der Waals surface area (Å²) in [5.74, 6) is 1.55. The zero-order chi connectivity index (χ0) is 24.4. The molecule has 1 saturated heterocycles. The van der Waals surface area contributed by atoms with Gasteiger partial charge in [-0.15, -0.1) is 0 Å². The van der Waals surface area contributed by atoms with Crippen LogP contribution in [0.2, 0.25) is 0 Å². The minimum atomic E-state index is -3.69. The van der Waals surface area contributed by atoms with Gasteiger partial charge in [0.05, 0.1) is 30.4 Å². The second kappa shape index (κ2) is 9.70. The Bertz CT molecular complexity index is 1300. The topological polar surface area (TPSA) is 160 Å². The summed E-state index contributed by atoms with van der Waals surface area (Å²) in [6, 6.07) is 6.61. The van der Waals surface area contributed by atoms with E-state index < -0.39 is 10.0 Å². The molecule has 0 saturated carbocycles. The second-order valence-electron chi connectivity index (χ2n) is 8.12. The van der Waals surface area contributed by atoms with Crippen LogP contribution in [-0.4, -0.2) is 79.5 Å². The first kappa shape index (κ1) is 23.4. The molecular weight excluding hydrogens is 472 g/mol. The van der Waals surface area contributed by atoms with Crippen LogP contribution in [0.5, 0.6) is 0 Å². The lowest BCUT2D eigenvalue weighted by Crippen LogP contribution is -2.37. The van der Waals surface area contributed by atoms with Gasteiger partial charge in [0.1, 0.15) is 5.82 Å². The fourth-order valence-electron chi connectivity index (χ4n) is 4.17. The number of nitrogen functional groups attached to an aromatic ring is 1. The number of nitrogens with one attached hydrogen (secondary N) is 1. The first-order valence-corrected chi connectivity index (χ1v) is 12.7.